The quantitative estimate of drug-likeness (QED) is 0.117. The molecule has 3 heterocycles. The highest BCUT2D eigenvalue weighted by Gasteiger charge is 2.34. The zero-order chi connectivity index (χ0) is 35.6. The average molecular weight is 731 g/mol. The summed E-state index contributed by atoms with van der Waals surface area (Å²) < 4.78 is 2.21. The molecule has 9 nitrogen and oxygen atoms in total. The number of hydrogen-bond donors (Lipinski definition) is 1. The number of carbonyl (C=O) groups is 2. The van der Waals surface area contributed by atoms with Crippen molar-refractivity contribution in [1.82, 2.24) is 24.3 Å². The van der Waals surface area contributed by atoms with Crippen molar-refractivity contribution >= 4 is 57.4 Å². The van der Waals surface area contributed by atoms with Gasteiger partial charge in [0.15, 0.2) is 0 Å². The lowest BCUT2D eigenvalue weighted by Gasteiger charge is -2.34. The minimum absolute atomic E-state index is 0.184. The number of imide groups is 1. The lowest BCUT2D eigenvalue weighted by atomic mass is 10.1. The lowest BCUT2D eigenvalue weighted by molar-refractivity contribution is 0.0641. The van der Waals surface area contributed by atoms with Crippen LogP contribution in [-0.2, 0) is 0 Å². The van der Waals surface area contributed by atoms with Gasteiger partial charge in [0.1, 0.15) is 0 Å². The highest BCUT2D eigenvalue weighted by molar-refractivity contribution is 6.31. The van der Waals surface area contributed by atoms with E-state index in [-0.39, 0.29) is 11.8 Å². The largest absolute Gasteiger partial charge is 0.354 e. The molecule has 4 aliphatic rings. The van der Waals surface area contributed by atoms with Crippen LogP contribution in [0.1, 0.15) is 27.1 Å². The zero-order valence-corrected chi connectivity index (χ0v) is 30.0. The summed E-state index contributed by atoms with van der Waals surface area (Å²) in [6, 6.07) is 34.9. The number of rotatable bonds is 10. The molecular weight excluding hydrogens is 693 g/mol. The number of benzene rings is 5. The zero-order valence-electron chi connectivity index (χ0n) is 28.5. The van der Waals surface area contributed by atoms with Crippen LogP contribution in [0.2, 0.25) is 10.0 Å². The van der Waals surface area contributed by atoms with E-state index in [9.17, 15) is 9.59 Å². The van der Waals surface area contributed by atoms with Gasteiger partial charge in [0.05, 0.1) is 51.1 Å². The van der Waals surface area contributed by atoms with Gasteiger partial charge >= 0.3 is 0 Å². The summed E-state index contributed by atoms with van der Waals surface area (Å²) in [5, 5.41) is 5.76. The van der Waals surface area contributed by atoms with Gasteiger partial charge in [-0.2, -0.15) is 0 Å². The number of fused-ring (bicyclic) bond motifs is 3. The van der Waals surface area contributed by atoms with E-state index in [2.05, 4.69) is 37.9 Å². The number of hydrogen-bond acceptors (Lipinski definition) is 7. The fourth-order valence-electron chi connectivity index (χ4n) is 7.07. The standard InChI is InChI=1S/C41H37Cl2N7O2/c42-28-10-14-30(15-11-28)45-36-26-37-39(50(31-16-12-29(43)13-17-31)38-9-4-3-8-34(38)46-37)27-35(36)44-18-21-48-24-22-47(23-25-48)19-5-20-49-40(51)32-6-1-2-7-33(32)41(49)52/h1-4,6-17,26-27,45H,5,18-25H2. The number of carbonyl (C=O) groups excluding carboxylic acids is 2. The van der Waals surface area contributed by atoms with E-state index in [0.717, 1.165) is 90.5 Å². The molecule has 0 aromatic heterocycles. The van der Waals surface area contributed by atoms with Gasteiger partial charge in [-0.3, -0.25) is 24.4 Å². The Kier molecular flexibility index (Phi) is 9.75. The number of amides is 2. The third kappa shape index (κ3) is 7.05. The molecule has 1 saturated heterocycles. The second-order valence-electron chi connectivity index (χ2n) is 13.1. The van der Waals surface area contributed by atoms with Crippen molar-refractivity contribution < 1.29 is 9.59 Å². The predicted molar refractivity (Wildman–Crippen MR) is 207 cm³/mol. The molecule has 262 valence electrons. The van der Waals surface area contributed by atoms with Crippen LogP contribution in [0.15, 0.2) is 114 Å². The topological polar surface area (TPSA) is 86.1 Å². The summed E-state index contributed by atoms with van der Waals surface area (Å²) in [5.74, 6) is -0.368. The number of nitrogens with one attached hydrogen (secondary N) is 1. The Bertz CT molecular complexity index is 2260. The smallest absolute Gasteiger partial charge is 0.261 e. The van der Waals surface area contributed by atoms with Gasteiger partial charge in [-0.05, 0) is 97.9 Å². The van der Waals surface area contributed by atoms with Gasteiger partial charge in [0.25, 0.3) is 11.8 Å². The second-order valence-corrected chi connectivity index (χ2v) is 14.0. The molecule has 3 aliphatic heterocycles. The van der Waals surface area contributed by atoms with E-state index in [4.69, 9.17) is 33.2 Å². The number of para-hydroxylation sites is 2. The van der Waals surface area contributed by atoms with Gasteiger partial charge in [-0.25, -0.2) is 4.98 Å². The Morgan fingerprint density at radius 2 is 1.31 bits per heavy atom. The first kappa shape index (κ1) is 34.0. The van der Waals surface area contributed by atoms with Crippen LogP contribution >= 0.6 is 23.2 Å². The molecule has 4 aromatic rings. The van der Waals surface area contributed by atoms with Gasteiger partial charge in [0.2, 0.25) is 0 Å². The molecule has 0 bridgehead atoms. The van der Waals surface area contributed by atoms with Crippen molar-refractivity contribution in [2.75, 3.05) is 57.7 Å². The van der Waals surface area contributed by atoms with E-state index in [0.29, 0.717) is 34.3 Å². The monoisotopic (exact) mass is 729 g/mol. The number of anilines is 2. The summed E-state index contributed by atoms with van der Waals surface area (Å²) in [4.78, 5) is 41.9. The molecule has 1 fully saturated rings. The Morgan fingerprint density at radius 3 is 2.00 bits per heavy atom. The van der Waals surface area contributed by atoms with Crippen LogP contribution in [0.3, 0.4) is 0 Å². The summed E-state index contributed by atoms with van der Waals surface area (Å²) >= 11 is 12.5. The number of aromatic nitrogens is 2. The van der Waals surface area contributed by atoms with Crippen molar-refractivity contribution in [1.29, 1.82) is 0 Å². The normalized spacial score (nSPS) is 15.6. The molecule has 1 N–H and O–H groups in total. The first-order valence-electron chi connectivity index (χ1n) is 17.6. The van der Waals surface area contributed by atoms with Crippen LogP contribution in [0.5, 0.6) is 0 Å². The maximum Gasteiger partial charge on any atom is 0.261 e. The Morgan fingerprint density at radius 1 is 0.692 bits per heavy atom. The lowest BCUT2D eigenvalue weighted by Crippen LogP contribution is -2.47. The second kappa shape index (κ2) is 14.9. The Labute approximate surface area is 312 Å². The first-order valence-corrected chi connectivity index (χ1v) is 18.3. The fourth-order valence-corrected chi connectivity index (χ4v) is 7.32. The molecular formula is C41H37Cl2N7O2. The maximum absolute atomic E-state index is 12.7. The maximum atomic E-state index is 12.7. The van der Waals surface area contributed by atoms with Crippen LogP contribution in [-0.4, -0.2) is 88.4 Å². The molecule has 0 saturated carbocycles. The molecule has 11 heteroatoms. The molecule has 0 spiro atoms. The van der Waals surface area contributed by atoms with E-state index >= 15 is 0 Å². The minimum atomic E-state index is -0.184. The number of piperazine rings is 1. The van der Waals surface area contributed by atoms with Crippen molar-refractivity contribution in [3.05, 3.63) is 136 Å². The third-order valence-corrected chi connectivity index (χ3v) is 10.3. The van der Waals surface area contributed by atoms with Crippen LogP contribution in [0, 0.1) is 0 Å². The predicted octanol–water partition coefficient (Wildman–Crippen LogP) is 7.39. The van der Waals surface area contributed by atoms with Gasteiger partial charge in [-0.1, -0.05) is 47.5 Å². The molecule has 4 aromatic carbocycles. The summed E-state index contributed by atoms with van der Waals surface area (Å²) in [7, 11) is 0. The SMILES string of the molecule is O=C1c2ccccc2C(=O)N1CCCN1CCN(CCN=c2cc3n(-c4ccc(Cl)cc4)c4ccccc4nc-3cc2Nc2ccc(Cl)cc2)CC1. The fraction of sp³-hybridized carbons (Fsp3) is 0.220. The molecule has 52 heavy (non-hydrogen) atoms. The van der Waals surface area contributed by atoms with Crippen LogP contribution in [0.4, 0.5) is 11.4 Å². The first-order chi connectivity index (χ1) is 25.4. The van der Waals surface area contributed by atoms with E-state index in [1.54, 1.807) is 24.3 Å². The molecule has 2 amide bonds. The van der Waals surface area contributed by atoms with E-state index in [1.165, 1.54) is 4.90 Å². The van der Waals surface area contributed by atoms with E-state index in [1.807, 2.05) is 66.7 Å². The number of halogens is 2. The number of nitrogens with zero attached hydrogens (tertiary/aromatic N) is 6. The Hall–Kier alpha value is -5.06. The summed E-state index contributed by atoms with van der Waals surface area (Å²) in [6.45, 7) is 6.47. The highest BCUT2D eigenvalue weighted by Crippen LogP contribution is 2.31. The molecule has 0 unspecified atom stereocenters. The molecule has 1 aliphatic carbocycles. The molecule has 8 rings (SSSR count). The van der Waals surface area contributed by atoms with Crippen molar-refractivity contribution in [3.8, 4) is 17.1 Å². The van der Waals surface area contributed by atoms with Gasteiger partial charge < -0.3 is 14.8 Å². The average Bonchev–Trinajstić information content (AvgIpc) is 3.41. The van der Waals surface area contributed by atoms with Crippen molar-refractivity contribution in [2.45, 2.75) is 6.42 Å². The summed E-state index contributed by atoms with van der Waals surface area (Å²) in [6.07, 6.45) is 0.756. The van der Waals surface area contributed by atoms with Crippen LogP contribution < -0.4 is 10.7 Å². The van der Waals surface area contributed by atoms with Gasteiger partial charge in [-0.15, -0.1) is 0 Å². The van der Waals surface area contributed by atoms with E-state index < -0.39 is 0 Å². The molecule has 0 atom stereocenters. The third-order valence-electron chi connectivity index (χ3n) is 9.80. The summed E-state index contributed by atoms with van der Waals surface area (Å²) in [5.41, 5.74) is 7.42. The van der Waals surface area contributed by atoms with Crippen molar-refractivity contribution in [3.63, 3.8) is 0 Å². The van der Waals surface area contributed by atoms with Crippen molar-refractivity contribution in [2.24, 2.45) is 4.99 Å². The highest BCUT2D eigenvalue weighted by atomic mass is 35.5. The molecule has 0 radical (unpaired) electrons. The van der Waals surface area contributed by atoms with Gasteiger partial charge in [0, 0.05) is 60.7 Å². The Balaban J connectivity index is 0.986. The van der Waals surface area contributed by atoms with Crippen LogP contribution in [0.25, 0.3) is 28.1 Å². The minimum Gasteiger partial charge on any atom is -0.354 e.